The van der Waals surface area contributed by atoms with E-state index in [4.69, 9.17) is 0 Å². The molecule has 5 heteroatoms. The number of amides is 1. The quantitative estimate of drug-likeness (QED) is 0.481. The summed E-state index contributed by atoms with van der Waals surface area (Å²) in [7, 11) is 4.19. The molecule has 0 saturated carbocycles. The minimum absolute atomic E-state index is 0.138. The van der Waals surface area contributed by atoms with Gasteiger partial charge in [-0.1, -0.05) is 30.3 Å². The van der Waals surface area contributed by atoms with Crippen LogP contribution >= 0.6 is 0 Å². The molecule has 0 fully saturated rings. The molecule has 2 aliphatic rings. The Balaban J connectivity index is 1.61. The van der Waals surface area contributed by atoms with Crippen molar-refractivity contribution >= 4 is 23.2 Å². The van der Waals surface area contributed by atoms with Gasteiger partial charge in [-0.15, -0.1) is 0 Å². The zero-order valence-electron chi connectivity index (χ0n) is 19.3. The number of carbonyl (C=O) groups is 1. The molecular weight excluding hydrogens is 413 g/mol. The molecule has 1 aliphatic heterocycles. The highest BCUT2D eigenvalue weighted by Gasteiger charge is 2.29. The molecular formula is C28H30FN3O. The van der Waals surface area contributed by atoms with Gasteiger partial charge in [0, 0.05) is 28.2 Å². The van der Waals surface area contributed by atoms with Crippen molar-refractivity contribution < 1.29 is 9.18 Å². The van der Waals surface area contributed by atoms with Crippen molar-refractivity contribution in [3.05, 3.63) is 76.4 Å². The number of aromatic nitrogens is 1. The second-order valence-corrected chi connectivity index (χ2v) is 9.31. The zero-order chi connectivity index (χ0) is 22.9. The van der Waals surface area contributed by atoms with Gasteiger partial charge in [-0.2, -0.15) is 0 Å². The highest BCUT2D eigenvalue weighted by atomic mass is 19.1. The lowest BCUT2D eigenvalue weighted by Gasteiger charge is -2.14. The molecule has 0 saturated heterocycles. The van der Waals surface area contributed by atoms with Gasteiger partial charge in [-0.3, -0.25) is 4.79 Å². The van der Waals surface area contributed by atoms with Crippen LogP contribution in [-0.2, 0) is 24.1 Å². The van der Waals surface area contributed by atoms with Gasteiger partial charge >= 0.3 is 0 Å². The van der Waals surface area contributed by atoms with Gasteiger partial charge in [0.05, 0.1) is 5.57 Å². The first-order chi connectivity index (χ1) is 16.0. The molecule has 1 amide bonds. The lowest BCUT2D eigenvalue weighted by atomic mass is 9.91. The van der Waals surface area contributed by atoms with Crippen molar-refractivity contribution in [3.63, 3.8) is 0 Å². The number of halogens is 1. The zero-order valence-corrected chi connectivity index (χ0v) is 19.3. The van der Waals surface area contributed by atoms with E-state index in [-0.39, 0.29) is 11.7 Å². The van der Waals surface area contributed by atoms with Gasteiger partial charge in [-0.25, -0.2) is 4.39 Å². The Morgan fingerprint density at radius 3 is 2.64 bits per heavy atom. The SMILES string of the molecule is CN(C)CCCc1c(/C=C2\C(=O)Nc3cccc(-c4ccccc4F)c32)[nH]c2c1CCCC2. The van der Waals surface area contributed by atoms with Crippen LogP contribution in [0, 0.1) is 5.82 Å². The van der Waals surface area contributed by atoms with Crippen LogP contribution < -0.4 is 5.32 Å². The van der Waals surface area contributed by atoms with Crippen LogP contribution in [-0.4, -0.2) is 36.4 Å². The maximum absolute atomic E-state index is 14.7. The van der Waals surface area contributed by atoms with Crippen molar-refractivity contribution in [2.24, 2.45) is 0 Å². The predicted octanol–water partition coefficient (Wildman–Crippen LogP) is 5.69. The monoisotopic (exact) mass is 443 g/mol. The fraction of sp³-hybridized carbons (Fsp3) is 0.321. The van der Waals surface area contributed by atoms with E-state index in [9.17, 15) is 9.18 Å². The molecule has 0 atom stereocenters. The summed E-state index contributed by atoms with van der Waals surface area (Å²) in [6.45, 7) is 1.02. The predicted molar refractivity (Wildman–Crippen MR) is 133 cm³/mol. The number of H-pyrrole nitrogens is 1. The van der Waals surface area contributed by atoms with Crippen molar-refractivity contribution in [1.29, 1.82) is 0 Å². The number of rotatable bonds is 6. The molecule has 1 aromatic heterocycles. The molecule has 33 heavy (non-hydrogen) atoms. The Bertz CT molecular complexity index is 1240. The number of nitrogens with zero attached hydrogens (tertiary/aromatic N) is 1. The molecule has 0 bridgehead atoms. The van der Waals surface area contributed by atoms with E-state index in [1.54, 1.807) is 12.1 Å². The van der Waals surface area contributed by atoms with Gasteiger partial charge in [-0.05, 0) is 94.1 Å². The minimum atomic E-state index is -0.288. The van der Waals surface area contributed by atoms with Crippen LogP contribution in [0.3, 0.4) is 0 Å². The average Bonchev–Trinajstić information content (AvgIpc) is 3.31. The number of hydrogen-bond acceptors (Lipinski definition) is 2. The number of anilines is 1. The van der Waals surface area contributed by atoms with Crippen LogP contribution in [0.2, 0.25) is 0 Å². The average molecular weight is 444 g/mol. The number of aromatic amines is 1. The fourth-order valence-corrected chi connectivity index (χ4v) is 5.19. The first kappa shape index (κ1) is 21.7. The molecule has 4 nitrogen and oxygen atoms in total. The number of fused-ring (bicyclic) bond motifs is 2. The summed E-state index contributed by atoms with van der Waals surface area (Å²) in [5, 5.41) is 2.99. The summed E-state index contributed by atoms with van der Waals surface area (Å²) in [5.41, 5.74) is 8.47. The van der Waals surface area contributed by atoms with E-state index in [2.05, 4.69) is 29.3 Å². The standard InChI is InChI=1S/C28H30FN3O/c1-32(2)16-8-12-20-19-10-4-6-14-24(19)30-26(20)17-22-27-21(18-9-3-5-13-23(18)29)11-7-15-25(27)31-28(22)33/h3,5,7,9,11,13,15,17,30H,4,6,8,10,12,14,16H2,1-2H3,(H,31,33)/b22-17-. The maximum Gasteiger partial charge on any atom is 0.256 e. The van der Waals surface area contributed by atoms with Crippen LogP contribution in [0.4, 0.5) is 10.1 Å². The fourth-order valence-electron chi connectivity index (χ4n) is 5.19. The summed E-state index contributed by atoms with van der Waals surface area (Å²) in [6, 6.07) is 12.4. The van der Waals surface area contributed by atoms with E-state index in [0.29, 0.717) is 11.1 Å². The first-order valence-corrected chi connectivity index (χ1v) is 11.8. The molecule has 0 spiro atoms. The Kier molecular flexibility index (Phi) is 5.90. The molecule has 0 radical (unpaired) electrons. The topological polar surface area (TPSA) is 48.1 Å². The third kappa shape index (κ3) is 4.13. The van der Waals surface area contributed by atoms with E-state index >= 15 is 0 Å². The van der Waals surface area contributed by atoms with Crippen LogP contribution in [0.25, 0.3) is 22.8 Å². The molecule has 1 aliphatic carbocycles. The summed E-state index contributed by atoms with van der Waals surface area (Å²) in [4.78, 5) is 18.9. The molecule has 2 heterocycles. The second-order valence-electron chi connectivity index (χ2n) is 9.31. The van der Waals surface area contributed by atoms with Crippen molar-refractivity contribution in [3.8, 4) is 11.1 Å². The van der Waals surface area contributed by atoms with E-state index in [0.717, 1.165) is 54.7 Å². The largest absolute Gasteiger partial charge is 0.358 e. The highest BCUT2D eigenvalue weighted by molar-refractivity contribution is 6.36. The Hall–Kier alpha value is -3.18. The van der Waals surface area contributed by atoms with E-state index in [1.807, 2.05) is 30.3 Å². The third-order valence-corrected chi connectivity index (χ3v) is 6.75. The number of aryl methyl sites for hydroxylation is 1. The second kappa shape index (κ2) is 8.99. The van der Waals surface area contributed by atoms with E-state index < -0.39 is 0 Å². The number of hydrogen-bond donors (Lipinski definition) is 2. The van der Waals surface area contributed by atoms with Crippen LogP contribution in [0.15, 0.2) is 42.5 Å². The van der Waals surface area contributed by atoms with Crippen LogP contribution in [0.5, 0.6) is 0 Å². The van der Waals surface area contributed by atoms with Gasteiger partial charge in [0.2, 0.25) is 0 Å². The van der Waals surface area contributed by atoms with Crippen molar-refractivity contribution in [2.45, 2.75) is 38.5 Å². The normalized spacial score (nSPS) is 16.2. The molecule has 170 valence electrons. The Labute approximate surface area is 194 Å². The summed E-state index contributed by atoms with van der Waals surface area (Å²) < 4.78 is 14.7. The third-order valence-electron chi connectivity index (χ3n) is 6.75. The lowest BCUT2D eigenvalue weighted by molar-refractivity contribution is -0.110. The summed E-state index contributed by atoms with van der Waals surface area (Å²) in [5.74, 6) is -0.426. The lowest BCUT2D eigenvalue weighted by Crippen LogP contribution is -2.14. The van der Waals surface area contributed by atoms with Gasteiger partial charge in [0.15, 0.2) is 0 Å². The van der Waals surface area contributed by atoms with Crippen LogP contribution in [0.1, 0.15) is 47.3 Å². The van der Waals surface area contributed by atoms with E-state index in [1.165, 1.54) is 35.7 Å². The minimum Gasteiger partial charge on any atom is -0.358 e. The van der Waals surface area contributed by atoms with Gasteiger partial charge < -0.3 is 15.2 Å². The number of carbonyl (C=O) groups excluding carboxylic acids is 1. The highest BCUT2D eigenvalue weighted by Crippen LogP contribution is 2.41. The number of nitrogens with one attached hydrogen (secondary N) is 2. The summed E-state index contributed by atoms with van der Waals surface area (Å²) >= 11 is 0. The molecule has 5 rings (SSSR count). The van der Waals surface area contributed by atoms with Crippen molar-refractivity contribution in [2.75, 3.05) is 26.0 Å². The molecule has 3 aromatic rings. The molecule has 2 N–H and O–H groups in total. The van der Waals surface area contributed by atoms with Crippen molar-refractivity contribution in [1.82, 2.24) is 9.88 Å². The van der Waals surface area contributed by atoms with Gasteiger partial charge in [0.25, 0.3) is 5.91 Å². The number of benzene rings is 2. The smallest absolute Gasteiger partial charge is 0.256 e. The molecule has 2 aromatic carbocycles. The maximum atomic E-state index is 14.7. The first-order valence-electron chi connectivity index (χ1n) is 11.8. The molecule has 0 unspecified atom stereocenters. The Morgan fingerprint density at radius 1 is 1.03 bits per heavy atom. The summed E-state index contributed by atoms with van der Waals surface area (Å²) in [6.07, 6.45) is 8.60. The Morgan fingerprint density at radius 2 is 1.82 bits per heavy atom. The van der Waals surface area contributed by atoms with Gasteiger partial charge in [0.1, 0.15) is 5.82 Å².